The van der Waals surface area contributed by atoms with Crippen LogP contribution in [-0.2, 0) is 23.8 Å². The van der Waals surface area contributed by atoms with Crippen LogP contribution in [0, 0.1) is 0 Å². The minimum atomic E-state index is -0.568. The summed E-state index contributed by atoms with van der Waals surface area (Å²) in [5.41, 5.74) is 0. The molecule has 0 aromatic rings. The predicted octanol–water partition coefficient (Wildman–Crippen LogP) is 3.81. The van der Waals surface area contributed by atoms with Crippen molar-refractivity contribution >= 4 is 11.9 Å². The summed E-state index contributed by atoms with van der Waals surface area (Å²) < 4.78 is 14.5. The quantitative estimate of drug-likeness (QED) is 0.260. The van der Waals surface area contributed by atoms with Crippen molar-refractivity contribution in [1.29, 1.82) is 0 Å². The second-order valence-electron chi connectivity index (χ2n) is 5.49. The molecule has 0 saturated heterocycles. The Morgan fingerprint density at radius 3 is 1.70 bits per heavy atom. The minimum Gasteiger partial charge on any atom is -0.463 e. The van der Waals surface area contributed by atoms with Gasteiger partial charge in [0, 0.05) is 19.3 Å². The van der Waals surface area contributed by atoms with Crippen LogP contribution in [0.15, 0.2) is 12.2 Å². The van der Waals surface area contributed by atoms with Crippen molar-refractivity contribution in [3.63, 3.8) is 0 Å². The van der Waals surface area contributed by atoms with Crippen molar-refractivity contribution in [3.05, 3.63) is 12.2 Å². The van der Waals surface area contributed by atoms with Gasteiger partial charge in [-0.05, 0) is 6.42 Å². The maximum atomic E-state index is 11.4. The molecule has 0 fully saturated rings. The predicted molar refractivity (Wildman–Crippen MR) is 90.2 cm³/mol. The number of hydrogen-bond donors (Lipinski definition) is 0. The van der Waals surface area contributed by atoms with E-state index in [-0.39, 0.29) is 6.61 Å². The zero-order chi connectivity index (χ0) is 17.2. The van der Waals surface area contributed by atoms with Crippen molar-refractivity contribution in [1.82, 2.24) is 0 Å². The lowest BCUT2D eigenvalue weighted by atomic mass is 10.1. The van der Waals surface area contributed by atoms with Gasteiger partial charge in [0.15, 0.2) is 0 Å². The number of rotatable bonds is 15. The maximum absolute atomic E-state index is 11.4. The van der Waals surface area contributed by atoms with E-state index < -0.39 is 11.9 Å². The molecule has 0 atom stereocenters. The van der Waals surface area contributed by atoms with E-state index in [2.05, 4.69) is 6.92 Å². The van der Waals surface area contributed by atoms with Crippen molar-refractivity contribution in [2.75, 3.05) is 26.9 Å². The number of unbranched alkanes of at least 4 members (excludes halogenated alkanes) is 8. The van der Waals surface area contributed by atoms with Crippen LogP contribution in [0.2, 0.25) is 0 Å². The van der Waals surface area contributed by atoms with E-state index in [0.717, 1.165) is 25.0 Å². The normalized spacial score (nSPS) is 10.9. The Morgan fingerprint density at radius 2 is 1.17 bits per heavy atom. The average molecular weight is 328 g/mol. The van der Waals surface area contributed by atoms with Gasteiger partial charge in [0.05, 0.1) is 13.2 Å². The van der Waals surface area contributed by atoms with Gasteiger partial charge in [-0.2, -0.15) is 0 Å². The summed E-state index contributed by atoms with van der Waals surface area (Å²) in [5.74, 6) is -1.07. The first-order valence-corrected chi connectivity index (χ1v) is 8.71. The lowest BCUT2D eigenvalue weighted by Gasteiger charge is -2.03. The summed E-state index contributed by atoms with van der Waals surface area (Å²) in [7, 11) is 1.52. The number of ether oxygens (including phenoxy) is 3. The second kappa shape index (κ2) is 17.0. The molecule has 0 heterocycles. The SMILES string of the molecule is CCCCCCCCCCCOC(=O)/C=C/C(=O)OCCOC. The van der Waals surface area contributed by atoms with E-state index in [9.17, 15) is 9.59 Å². The molecule has 0 aliphatic carbocycles. The van der Waals surface area contributed by atoms with Crippen LogP contribution in [0.3, 0.4) is 0 Å². The summed E-state index contributed by atoms with van der Waals surface area (Å²) in [6, 6.07) is 0. The zero-order valence-corrected chi connectivity index (χ0v) is 14.7. The molecule has 23 heavy (non-hydrogen) atoms. The molecule has 0 unspecified atom stereocenters. The highest BCUT2D eigenvalue weighted by atomic mass is 16.6. The Hall–Kier alpha value is -1.36. The molecule has 0 aromatic carbocycles. The first-order chi connectivity index (χ1) is 11.2. The van der Waals surface area contributed by atoms with Crippen LogP contribution < -0.4 is 0 Å². The molecule has 5 heteroatoms. The summed E-state index contributed by atoms with van der Waals surface area (Å²) >= 11 is 0. The molecule has 0 aliphatic heterocycles. The molecule has 0 saturated carbocycles. The third kappa shape index (κ3) is 16.8. The van der Waals surface area contributed by atoms with Gasteiger partial charge in [-0.25, -0.2) is 9.59 Å². The fourth-order valence-corrected chi connectivity index (χ4v) is 2.04. The third-order valence-electron chi connectivity index (χ3n) is 3.38. The molecule has 0 rings (SSSR count). The Balaban J connectivity index is 3.40. The van der Waals surface area contributed by atoms with Gasteiger partial charge in [0.25, 0.3) is 0 Å². The molecule has 0 spiro atoms. The fraction of sp³-hybridized carbons (Fsp3) is 0.778. The molecule has 0 amide bonds. The second-order valence-corrected chi connectivity index (χ2v) is 5.49. The van der Waals surface area contributed by atoms with Gasteiger partial charge >= 0.3 is 11.9 Å². The first kappa shape index (κ1) is 21.6. The van der Waals surface area contributed by atoms with Crippen molar-refractivity contribution in [3.8, 4) is 0 Å². The molecular formula is C18H32O5. The first-order valence-electron chi connectivity index (χ1n) is 8.71. The molecule has 5 nitrogen and oxygen atoms in total. The minimum absolute atomic E-state index is 0.174. The highest BCUT2D eigenvalue weighted by Crippen LogP contribution is 2.09. The van der Waals surface area contributed by atoms with Crippen molar-refractivity contribution < 1.29 is 23.8 Å². The Labute approximate surface area is 140 Å². The summed E-state index contributed by atoms with van der Waals surface area (Å²) in [6.07, 6.45) is 13.1. The van der Waals surface area contributed by atoms with E-state index in [0.29, 0.717) is 13.2 Å². The molecule has 0 aliphatic rings. The topological polar surface area (TPSA) is 61.8 Å². The number of methoxy groups -OCH3 is 1. The monoisotopic (exact) mass is 328 g/mol. The van der Waals surface area contributed by atoms with Gasteiger partial charge in [-0.1, -0.05) is 58.3 Å². The average Bonchev–Trinajstić information content (AvgIpc) is 2.55. The molecule has 0 bridgehead atoms. The van der Waals surface area contributed by atoms with Crippen LogP contribution in [0.1, 0.15) is 64.7 Å². The lowest BCUT2D eigenvalue weighted by Crippen LogP contribution is -2.08. The maximum Gasteiger partial charge on any atom is 0.331 e. The van der Waals surface area contributed by atoms with E-state index >= 15 is 0 Å². The number of carbonyl (C=O) groups is 2. The Morgan fingerprint density at radius 1 is 0.696 bits per heavy atom. The van der Waals surface area contributed by atoms with Crippen LogP contribution in [0.4, 0.5) is 0 Å². The van der Waals surface area contributed by atoms with Crippen molar-refractivity contribution in [2.45, 2.75) is 64.7 Å². The number of carbonyl (C=O) groups excluding carboxylic acids is 2. The molecule has 134 valence electrons. The molecule has 0 N–H and O–H groups in total. The van der Waals surface area contributed by atoms with Crippen LogP contribution in [0.5, 0.6) is 0 Å². The van der Waals surface area contributed by atoms with E-state index in [4.69, 9.17) is 14.2 Å². The van der Waals surface area contributed by atoms with E-state index in [1.165, 1.54) is 52.1 Å². The lowest BCUT2D eigenvalue weighted by molar-refractivity contribution is -0.141. The highest BCUT2D eigenvalue weighted by Gasteiger charge is 2.01. The third-order valence-corrected chi connectivity index (χ3v) is 3.38. The Kier molecular flexibility index (Phi) is 16.0. The van der Waals surface area contributed by atoms with Crippen molar-refractivity contribution in [2.24, 2.45) is 0 Å². The van der Waals surface area contributed by atoms with Crippen LogP contribution in [-0.4, -0.2) is 38.9 Å². The molecule has 0 aromatic heterocycles. The van der Waals surface area contributed by atoms with Gasteiger partial charge in [0.2, 0.25) is 0 Å². The van der Waals surface area contributed by atoms with Gasteiger partial charge in [0.1, 0.15) is 6.61 Å². The highest BCUT2D eigenvalue weighted by molar-refractivity contribution is 5.91. The summed E-state index contributed by atoms with van der Waals surface area (Å²) in [4.78, 5) is 22.6. The molecule has 0 radical (unpaired) electrons. The number of esters is 2. The Bertz CT molecular complexity index is 325. The fourth-order valence-electron chi connectivity index (χ4n) is 2.04. The smallest absolute Gasteiger partial charge is 0.331 e. The van der Waals surface area contributed by atoms with E-state index in [1.54, 1.807) is 0 Å². The zero-order valence-electron chi connectivity index (χ0n) is 14.7. The van der Waals surface area contributed by atoms with E-state index in [1.807, 2.05) is 0 Å². The van der Waals surface area contributed by atoms with Gasteiger partial charge in [-0.15, -0.1) is 0 Å². The number of hydrogen-bond acceptors (Lipinski definition) is 5. The van der Waals surface area contributed by atoms with Gasteiger partial charge in [-0.3, -0.25) is 0 Å². The van der Waals surface area contributed by atoms with Crippen LogP contribution in [0.25, 0.3) is 0 Å². The van der Waals surface area contributed by atoms with Crippen LogP contribution >= 0.6 is 0 Å². The molecular weight excluding hydrogens is 296 g/mol. The van der Waals surface area contributed by atoms with Gasteiger partial charge < -0.3 is 14.2 Å². The largest absolute Gasteiger partial charge is 0.463 e. The standard InChI is InChI=1S/C18H32O5/c1-3-4-5-6-7-8-9-10-11-14-22-17(19)12-13-18(20)23-16-15-21-2/h12-13H,3-11,14-16H2,1-2H3/b13-12+. The summed E-state index contributed by atoms with van der Waals surface area (Å²) in [6.45, 7) is 3.13. The summed E-state index contributed by atoms with van der Waals surface area (Å²) in [5, 5.41) is 0.